The van der Waals surface area contributed by atoms with E-state index in [-0.39, 0.29) is 0 Å². The predicted molar refractivity (Wildman–Crippen MR) is 64.4 cm³/mol. The van der Waals surface area contributed by atoms with Crippen LogP contribution in [-0.4, -0.2) is 14.9 Å². The highest BCUT2D eigenvalue weighted by molar-refractivity contribution is 5.04. The Kier molecular flexibility index (Phi) is 3.58. The standard InChI is InChI=1S/C12H18N4O/c1-9(2)16-5-4-11(14-16)7-13-8-12-6-10(3)17-15-12/h4-6,9,13H,7-8H2,1-3H3. The van der Waals surface area contributed by atoms with E-state index >= 15 is 0 Å². The largest absolute Gasteiger partial charge is 0.361 e. The molecule has 0 aliphatic heterocycles. The van der Waals surface area contributed by atoms with Crippen LogP contribution in [0.15, 0.2) is 22.9 Å². The zero-order valence-corrected chi connectivity index (χ0v) is 10.5. The minimum absolute atomic E-state index is 0.405. The van der Waals surface area contributed by atoms with Crippen LogP contribution < -0.4 is 5.32 Å². The molecule has 92 valence electrons. The molecule has 0 saturated carbocycles. The van der Waals surface area contributed by atoms with Crippen molar-refractivity contribution in [3.8, 4) is 0 Å². The minimum Gasteiger partial charge on any atom is -0.361 e. The van der Waals surface area contributed by atoms with Crippen LogP contribution in [0.1, 0.15) is 37.0 Å². The summed E-state index contributed by atoms with van der Waals surface area (Å²) in [6.45, 7) is 7.56. The second kappa shape index (κ2) is 5.14. The summed E-state index contributed by atoms with van der Waals surface area (Å²) in [5.41, 5.74) is 1.96. The van der Waals surface area contributed by atoms with Crippen molar-refractivity contribution < 1.29 is 4.52 Å². The van der Waals surface area contributed by atoms with Gasteiger partial charge in [0.15, 0.2) is 0 Å². The maximum absolute atomic E-state index is 4.99. The second-order valence-electron chi connectivity index (χ2n) is 4.41. The summed E-state index contributed by atoms with van der Waals surface area (Å²) in [5.74, 6) is 0.839. The minimum atomic E-state index is 0.405. The number of nitrogens with one attached hydrogen (secondary N) is 1. The number of aryl methyl sites for hydroxylation is 1. The van der Waals surface area contributed by atoms with Crippen LogP contribution >= 0.6 is 0 Å². The van der Waals surface area contributed by atoms with Crippen LogP contribution in [-0.2, 0) is 13.1 Å². The van der Waals surface area contributed by atoms with Crippen molar-refractivity contribution in [1.29, 1.82) is 0 Å². The molecular weight excluding hydrogens is 216 g/mol. The maximum atomic E-state index is 4.99. The molecule has 1 N–H and O–H groups in total. The Morgan fingerprint density at radius 3 is 2.71 bits per heavy atom. The van der Waals surface area contributed by atoms with E-state index in [1.54, 1.807) is 0 Å². The highest BCUT2D eigenvalue weighted by atomic mass is 16.5. The smallest absolute Gasteiger partial charge is 0.133 e. The Hall–Kier alpha value is -1.62. The Balaban J connectivity index is 1.81. The molecule has 2 heterocycles. The lowest BCUT2D eigenvalue weighted by molar-refractivity contribution is 0.388. The first-order valence-corrected chi connectivity index (χ1v) is 5.82. The zero-order valence-electron chi connectivity index (χ0n) is 10.5. The Bertz CT molecular complexity index is 472. The first kappa shape index (κ1) is 11.9. The van der Waals surface area contributed by atoms with Crippen molar-refractivity contribution in [2.75, 3.05) is 0 Å². The van der Waals surface area contributed by atoms with Gasteiger partial charge in [-0.15, -0.1) is 0 Å². The summed E-state index contributed by atoms with van der Waals surface area (Å²) in [6.07, 6.45) is 2.00. The fourth-order valence-corrected chi connectivity index (χ4v) is 1.58. The van der Waals surface area contributed by atoms with Gasteiger partial charge in [-0.05, 0) is 26.8 Å². The molecule has 0 aromatic carbocycles. The first-order valence-electron chi connectivity index (χ1n) is 5.82. The third-order valence-electron chi connectivity index (χ3n) is 2.48. The van der Waals surface area contributed by atoms with E-state index in [0.29, 0.717) is 12.6 Å². The summed E-state index contributed by atoms with van der Waals surface area (Å²) in [5, 5.41) is 11.7. The van der Waals surface area contributed by atoms with Crippen LogP contribution in [0.5, 0.6) is 0 Å². The fourth-order valence-electron chi connectivity index (χ4n) is 1.58. The van der Waals surface area contributed by atoms with Gasteiger partial charge in [0.05, 0.1) is 11.4 Å². The molecule has 2 rings (SSSR count). The number of hydrogen-bond donors (Lipinski definition) is 1. The SMILES string of the molecule is Cc1cc(CNCc2ccn(C(C)C)n2)no1. The maximum Gasteiger partial charge on any atom is 0.133 e. The lowest BCUT2D eigenvalue weighted by atomic mass is 10.3. The van der Waals surface area contributed by atoms with Crippen LogP contribution in [0.3, 0.4) is 0 Å². The molecule has 0 bridgehead atoms. The molecule has 5 nitrogen and oxygen atoms in total. The van der Waals surface area contributed by atoms with E-state index in [2.05, 4.69) is 29.4 Å². The number of hydrogen-bond acceptors (Lipinski definition) is 4. The van der Waals surface area contributed by atoms with Crippen LogP contribution in [0.25, 0.3) is 0 Å². The first-order chi connectivity index (χ1) is 8.15. The summed E-state index contributed by atoms with van der Waals surface area (Å²) in [6, 6.07) is 4.36. The van der Waals surface area contributed by atoms with E-state index in [0.717, 1.165) is 23.7 Å². The molecule has 0 aliphatic carbocycles. The van der Waals surface area contributed by atoms with Gasteiger partial charge in [0.2, 0.25) is 0 Å². The average Bonchev–Trinajstić information content (AvgIpc) is 2.88. The van der Waals surface area contributed by atoms with Gasteiger partial charge in [0, 0.05) is 31.4 Å². The van der Waals surface area contributed by atoms with Gasteiger partial charge in [-0.3, -0.25) is 4.68 Å². The Morgan fingerprint density at radius 2 is 2.12 bits per heavy atom. The van der Waals surface area contributed by atoms with Crippen molar-refractivity contribution in [3.05, 3.63) is 35.5 Å². The number of aromatic nitrogens is 3. The normalized spacial score (nSPS) is 11.3. The lowest BCUT2D eigenvalue weighted by Gasteiger charge is -2.04. The van der Waals surface area contributed by atoms with Crippen molar-refractivity contribution >= 4 is 0 Å². The van der Waals surface area contributed by atoms with Crippen LogP contribution in [0.4, 0.5) is 0 Å². The lowest BCUT2D eigenvalue weighted by Crippen LogP contribution is -2.14. The van der Waals surface area contributed by atoms with Crippen molar-refractivity contribution in [3.63, 3.8) is 0 Å². The molecule has 2 aromatic heterocycles. The zero-order chi connectivity index (χ0) is 12.3. The summed E-state index contributed by atoms with van der Waals surface area (Å²) in [4.78, 5) is 0. The molecule has 5 heteroatoms. The number of nitrogens with zero attached hydrogens (tertiary/aromatic N) is 3. The highest BCUT2D eigenvalue weighted by Gasteiger charge is 2.03. The molecule has 0 aliphatic rings. The topological polar surface area (TPSA) is 55.9 Å². The molecular formula is C12H18N4O. The molecule has 0 atom stereocenters. The molecule has 0 radical (unpaired) electrons. The average molecular weight is 234 g/mol. The van der Waals surface area contributed by atoms with Gasteiger partial charge in [-0.2, -0.15) is 5.10 Å². The van der Waals surface area contributed by atoms with Gasteiger partial charge in [0.1, 0.15) is 5.76 Å². The molecule has 0 fully saturated rings. The third kappa shape index (κ3) is 3.17. The molecule has 17 heavy (non-hydrogen) atoms. The van der Waals surface area contributed by atoms with Crippen molar-refractivity contribution in [1.82, 2.24) is 20.3 Å². The highest BCUT2D eigenvalue weighted by Crippen LogP contribution is 2.05. The van der Waals surface area contributed by atoms with Crippen molar-refractivity contribution in [2.24, 2.45) is 0 Å². The van der Waals surface area contributed by atoms with E-state index in [9.17, 15) is 0 Å². The van der Waals surface area contributed by atoms with Crippen LogP contribution in [0, 0.1) is 6.92 Å². The Labute approximate surface area is 101 Å². The predicted octanol–water partition coefficient (Wildman–Crippen LogP) is 2.05. The van der Waals surface area contributed by atoms with Gasteiger partial charge in [-0.25, -0.2) is 0 Å². The molecule has 0 saturated heterocycles. The summed E-state index contributed by atoms with van der Waals surface area (Å²) in [7, 11) is 0. The second-order valence-corrected chi connectivity index (χ2v) is 4.41. The molecule has 0 spiro atoms. The fraction of sp³-hybridized carbons (Fsp3) is 0.500. The van der Waals surface area contributed by atoms with E-state index in [1.165, 1.54) is 0 Å². The summed E-state index contributed by atoms with van der Waals surface area (Å²) < 4.78 is 6.95. The van der Waals surface area contributed by atoms with E-state index < -0.39 is 0 Å². The van der Waals surface area contributed by atoms with Gasteiger partial charge in [-0.1, -0.05) is 5.16 Å². The monoisotopic (exact) mass is 234 g/mol. The molecule has 0 amide bonds. The van der Waals surface area contributed by atoms with Crippen molar-refractivity contribution in [2.45, 2.75) is 39.9 Å². The number of rotatable bonds is 5. The molecule has 0 unspecified atom stereocenters. The summed E-state index contributed by atoms with van der Waals surface area (Å²) >= 11 is 0. The van der Waals surface area contributed by atoms with Crippen LogP contribution in [0.2, 0.25) is 0 Å². The van der Waals surface area contributed by atoms with Gasteiger partial charge >= 0.3 is 0 Å². The van der Waals surface area contributed by atoms with E-state index in [1.807, 2.05) is 29.9 Å². The quantitative estimate of drug-likeness (QED) is 0.860. The van der Waals surface area contributed by atoms with E-state index in [4.69, 9.17) is 4.52 Å². The third-order valence-corrected chi connectivity index (χ3v) is 2.48. The van der Waals surface area contributed by atoms with Gasteiger partial charge in [0.25, 0.3) is 0 Å². The van der Waals surface area contributed by atoms with Gasteiger partial charge < -0.3 is 9.84 Å². The molecule has 2 aromatic rings. The Morgan fingerprint density at radius 1 is 1.35 bits per heavy atom.